The van der Waals surface area contributed by atoms with Gasteiger partial charge in [-0.1, -0.05) is 88.7 Å². The van der Waals surface area contributed by atoms with Crippen molar-refractivity contribution in [3.05, 3.63) is 32.9 Å². The van der Waals surface area contributed by atoms with E-state index in [0.717, 1.165) is 88.0 Å². The van der Waals surface area contributed by atoms with Crippen molar-refractivity contribution in [3.8, 4) is 0 Å². The van der Waals surface area contributed by atoms with Gasteiger partial charge in [-0.05, 0) is 25.7 Å². The topological polar surface area (TPSA) is 197 Å². The number of aromatic amines is 1. The molecule has 0 saturated carbocycles. The van der Waals surface area contributed by atoms with Crippen LogP contribution in [0.25, 0.3) is 0 Å². The molecule has 0 saturated heterocycles. The van der Waals surface area contributed by atoms with E-state index < -0.39 is 53.2 Å². The normalized spacial score (nSPS) is 11.9. The van der Waals surface area contributed by atoms with Gasteiger partial charge in [-0.3, -0.25) is 33.5 Å². The van der Waals surface area contributed by atoms with Crippen molar-refractivity contribution in [1.29, 1.82) is 0 Å². The van der Waals surface area contributed by atoms with Crippen LogP contribution in [0.15, 0.2) is 15.8 Å². The fourth-order valence-corrected chi connectivity index (χ4v) is 5.39. The van der Waals surface area contributed by atoms with Gasteiger partial charge in [0.1, 0.15) is 26.0 Å². The molecule has 58 heavy (non-hydrogen) atoms. The Kier molecular flexibility index (Phi) is 35.7. The Balaban J connectivity index is 0.00000117. The SMILES string of the molecule is CC(=O)OCC(COCCCCCCCCCCOCCl)OC(C)=O.CC(=O)OCC(COCCCCCCCCCCOCn1cc(F)c(=O)[nH]c1=O)OC(C)=O. The number of unbranched alkanes of at least 4 members (excludes halogenated alkanes) is 14. The highest BCUT2D eigenvalue weighted by atomic mass is 35.5. The molecule has 1 aromatic heterocycles. The van der Waals surface area contributed by atoms with Crippen LogP contribution in [0.2, 0.25) is 0 Å². The second-order valence-electron chi connectivity index (χ2n) is 13.6. The van der Waals surface area contributed by atoms with Crippen LogP contribution in [0.1, 0.15) is 130 Å². The first kappa shape index (κ1) is 54.6. The average molecular weight is 855 g/mol. The summed E-state index contributed by atoms with van der Waals surface area (Å²) in [6.45, 7) is 7.99. The number of nitrogens with zero attached hydrogens (tertiary/aromatic N) is 1. The van der Waals surface area contributed by atoms with Gasteiger partial charge in [-0.2, -0.15) is 4.39 Å². The smallest absolute Gasteiger partial charge is 0.330 e. The van der Waals surface area contributed by atoms with Crippen molar-refractivity contribution in [2.75, 3.05) is 58.9 Å². The maximum atomic E-state index is 13.2. The molecule has 0 amide bonds. The molecule has 1 N–H and O–H groups in total. The van der Waals surface area contributed by atoms with Crippen LogP contribution < -0.4 is 11.2 Å². The second kappa shape index (κ2) is 37.9. The summed E-state index contributed by atoms with van der Waals surface area (Å²) in [4.78, 5) is 68.1. The number of hydrogen-bond donors (Lipinski definition) is 1. The highest BCUT2D eigenvalue weighted by molar-refractivity contribution is 6.17. The lowest BCUT2D eigenvalue weighted by molar-refractivity contribution is -0.160. The van der Waals surface area contributed by atoms with E-state index in [0.29, 0.717) is 19.8 Å². The molecule has 0 bridgehead atoms. The number of alkyl halides is 1. The third-order valence-corrected chi connectivity index (χ3v) is 8.30. The fraction of sp³-hybridized carbons (Fsp3) is 0.800. The zero-order valence-electron chi connectivity index (χ0n) is 35.0. The molecule has 1 rings (SSSR count). The summed E-state index contributed by atoms with van der Waals surface area (Å²) in [5.74, 6) is -2.70. The van der Waals surface area contributed by atoms with Crippen LogP contribution in [-0.2, 0) is 63.8 Å². The molecule has 336 valence electrons. The second-order valence-corrected chi connectivity index (χ2v) is 13.9. The highest BCUT2D eigenvalue weighted by Gasteiger charge is 2.15. The third-order valence-electron chi connectivity index (χ3n) is 8.15. The van der Waals surface area contributed by atoms with E-state index in [4.69, 9.17) is 49.5 Å². The standard InChI is InChI=1S/C22H35FN2O8.C18H33ClO6/c1-17(26)32-15-19(33-18(2)27)14-30-11-9-7-5-3-4-6-8-10-12-31-16-25-13-20(23)21(28)24-22(25)29;1-16(20)24-14-18(25-17(2)21)13-22-11-9-7-5-3-4-6-8-10-12-23-15-19/h13,19H,3-12,14-16H2,1-2H3,(H,24,28,29);18H,3-15H2,1-2H3. The Morgan fingerprint density at radius 1 is 0.569 bits per heavy atom. The van der Waals surface area contributed by atoms with Crippen LogP contribution in [0, 0.1) is 5.82 Å². The third kappa shape index (κ3) is 35.8. The summed E-state index contributed by atoms with van der Waals surface area (Å²) in [6, 6.07) is 0.285. The Bertz CT molecular complexity index is 1350. The van der Waals surface area contributed by atoms with Gasteiger partial charge in [-0.15, -0.1) is 0 Å². The van der Waals surface area contributed by atoms with E-state index in [1.165, 1.54) is 59.8 Å². The zero-order valence-corrected chi connectivity index (χ0v) is 35.8. The monoisotopic (exact) mass is 854 g/mol. The van der Waals surface area contributed by atoms with Crippen LogP contribution in [0.5, 0.6) is 0 Å². The van der Waals surface area contributed by atoms with Gasteiger partial charge in [-0.25, -0.2) is 4.79 Å². The Morgan fingerprint density at radius 2 is 0.931 bits per heavy atom. The van der Waals surface area contributed by atoms with Crippen molar-refractivity contribution in [3.63, 3.8) is 0 Å². The summed E-state index contributed by atoms with van der Waals surface area (Å²) < 4.78 is 55.4. The summed E-state index contributed by atoms with van der Waals surface area (Å²) >= 11 is 5.43. The van der Waals surface area contributed by atoms with Crippen molar-refractivity contribution in [2.24, 2.45) is 0 Å². The molecule has 0 aliphatic rings. The van der Waals surface area contributed by atoms with Crippen LogP contribution in [-0.4, -0.2) is 105 Å². The van der Waals surface area contributed by atoms with Crippen molar-refractivity contribution in [1.82, 2.24) is 9.55 Å². The van der Waals surface area contributed by atoms with E-state index in [2.05, 4.69) is 0 Å². The Morgan fingerprint density at radius 3 is 1.29 bits per heavy atom. The van der Waals surface area contributed by atoms with Gasteiger partial charge in [0.15, 0.2) is 12.2 Å². The summed E-state index contributed by atoms with van der Waals surface area (Å²) in [6.07, 6.45) is 17.2. The van der Waals surface area contributed by atoms with Crippen molar-refractivity contribution in [2.45, 2.75) is 149 Å². The lowest BCUT2D eigenvalue weighted by Gasteiger charge is -2.16. The first-order valence-electron chi connectivity index (χ1n) is 20.3. The van der Waals surface area contributed by atoms with E-state index in [1.54, 1.807) is 0 Å². The largest absolute Gasteiger partial charge is 0.462 e. The lowest BCUT2D eigenvalue weighted by Crippen LogP contribution is -2.32. The van der Waals surface area contributed by atoms with E-state index >= 15 is 0 Å². The quantitative estimate of drug-likeness (QED) is 0.0355. The highest BCUT2D eigenvalue weighted by Crippen LogP contribution is 2.11. The molecule has 0 spiro atoms. The number of aromatic nitrogens is 2. The van der Waals surface area contributed by atoms with Crippen LogP contribution in [0.4, 0.5) is 4.39 Å². The van der Waals surface area contributed by atoms with Crippen molar-refractivity contribution < 1.29 is 61.5 Å². The number of halogens is 2. The van der Waals surface area contributed by atoms with Gasteiger partial charge in [0, 0.05) is 54.1 Å². The van der Waals surface area contributed by atoms with E-state index in [-0.39, 0.29) is 39.2 Å². The van der Waals surface area contributed by atoms with E-state index in [1.807, 2.05) is 4.98 Å². The number of carbonyl (C=O) groups excluding carboxylic acids is 4. The molecular weight excluding hydrogens is 787 g/mol. The van der Waals surface area contributed by atoms with Gasteiger partial charge in [0.2, 0.25) is 5.82 Å². The summed E-state index contributed by atoms with van der Waals surface area (Å²) in [5.41, 5.74) is -1.73. The number of esters is 4. The Labute approximate surface area is 347 Å². The number of carbonyl (C=O) groups is 4. The molecule has 0 radical (unpaired) electrons. The fourth-order valence-electron chi connectivity index (χ4n) is 5.29. The molecule has 2 atom stereocenters. The molecular formula is C40H68ClFN2O14. The van der Waals surface area contributed by atoms with Crippen LogP contribution in [0.3, 0.4) is 0 Å². The number of nitrogens with one attached hydrogen (secondary N) is 1. The molecule has 0 aliphatic carbocycles. The molecule has 18 heteroatoms. The lowest BCUT2D eigenvalue weighted by atomic mass is 10.1. The summed E-state index contributed by atoms with van der Waals surface area (Å²) in [7, 11) is 0. The number of hydrogen-bond acceptors (Lipinski definition) is 14. The minimum absolute atomic E-state index is 0.00977. The number of H-pyrrole nitrogens is 1. The number of ether oxygens (including phenoxy) is 8. The molecule has 2 unspecified atom stereocenters. The zero-order chi connectivity index (χ0) is 43.2. The van der Waals surface area contributed by atoms with E-state index in [9.17, 15) is 33.2 Å². The average Bonchev–Trinajstić information content (AvgIpc) is 3.16. The maximum absolute atomic E-state index is 13.2. The Hall–Kier alpha value is -3.38. The molecule has 0 aromatic carbocycles. The molecule has 0 aliphatic heterocycles. The van der Waals surface area contributed by atoms with Crippen molar-refractivity contribution >= 4 is 35.5 Å². The summed E-state index contributed by atoms with van der Waals surface area (Å²) in [5, 5.41) is 0. The predicted octanol–water partition coefficient (Wildman–Crippen LogP) is 6.11. The van der Waals surface area contributed by atoms with Gasteiger partial charge >= 0.3 is 29.6 Å². The minimum atomic E-state index is -1.03. The maximum Gasteiger partial charge on any atom is 0.330 e. The molecule has 0 fully saturated rings. The number of rotatable bonds is 35. The van der Waals surface area contributed by atoms with Gasteiger partial charge in [0.05, 0.1) is 19.4 Å². The molecule has 1 heterocycles. The van der Waals surface area contributed by atoms with Gasteiger partial charge < -0.3 is 37.9 Å². The minimum Gasteiger partial charge on any atom is -0.462 e. The first-order chi connectivity index (χ1) is 27.8. The molecule has 16 nitrogen and oxygen atoms in total. The molecule has 1 aromatic rings. The first-order valence-corrected chi connectivity index (χ1v) is 20.9. The van der Waals surface area contributed by atoms with Gasteiger partial charge in [0.25, 0.3) is 5.56 Å². The van der Waals surface area contributed by atoms with Crippen LogP contribution >= 0.6 is 11.6 Å². The predicted molar refractivity (Wildman–Crippen MR) is 214 cm³/mol.